The number of nitrogens with zero attached hydrogens (tertiary/aromatic N) is 4. The lowest BCUT2D eigenvalue weighted by Crippen LogP contribution is -2.30. The Morgan fingerprint density at radius 1 is 1.00 bits per heavy atom. The average Bonchev–Trinajstić information content (AvgIpc) is 3.85. The first kappa shape index (κ1) is 25.6. The minimum Gasteiger partial charge on any atom is -0.492 e. The Hall–Kier alpha value is -4.32. The standard InChI is InChI=1S/C29H26FN5O5S/c30-26-9-11-39-23-6-3-18(13-25(23)41(26,37)38)29(36)32-16-20-14-22-19(15-31-20)4-8-27(33-22)35-10-12-40-24-7-5-21(17-1-2-17)34-28(24)35/h3-8,13-15,17,26H,1-2,9-12,16H2,(H,32,36)/t26-/m1/s1. The number of alkyl halides is 1. The van der Waals surface area contributed by atoms with Gasteiger partial charge in [0.1, 0.15) is 23.1 Å². The number of aromatic nitrogens is 3. The molecule has 0 spiro atoms. The molecule has 10 nitrogen and oxygen atoms in total. The summed E-state index contributed by atoms with van der Waals surface area (Å²) in [6.07, 6.45) is 3.74. The molecule has 5 heterocycles. The molecule has 1 fully saturated rings. The molecule has 7 rings (SSSR count). The summed E-state index contributed by atoms with van der Waals surface area (Å²) < 4.78 is 50.5. The first-order chi connectivity index (χ1) is 19.9. The summed E-state index contributed by atoms with van der Waals surface area (Å²) in [7, 11) is -4.25. The summed E-state index contributed by atoms with van der Waals surface area (Å²) in [4.78, 5) is 28.8. The summed E-state index contributed by atoms with van der Waals surface area (Å²) in [5, 5.41) is 3.60. The van der Waals surface area contributed by atoms with E-state index in [0.29, 0.717) is 30.3 Å². The summed E-state index contributed by atoms with van der Waals surface area (Å²) in [6, 6.07) is 13.7. The zero-order valence-electron chi connectivity index (χ0n) is 21.9. The lowest BCUT2D eigenvalue weighted by molar-refractivity contribution is 0.0950. The van der Waals surface area contributed by atoms with Crippen molar-refractivity contribution in [2.75, 3.05) is 24.7 Å². The lowest BCUT2D eigenvalue weighted by Gasteiger charge is -2.29. The van der Waals surface area contributed by atoms with Gasteiger partial charge < -0.3 is 19.7 Å². The highest BCUT2D eigenvalue weighted by atomic mass is 32.2. The van der Waals surface area contributed by atoms with Gasteiger partial charge in [-0.05, 0) is 61.4 Å². The van der Waals surface area contributed by atoms with E-state index in [-0.39, 0.29) is 35.8 Å². The fourth-order valence-corrected chi connectivity index (χ4v) is 6.43. The Kier molecular flexibility index (Phi) is 6.22. The third-order valence-electron chi connectivity index (χ3n) is 7.46. The van der Waals surface area contributed by atoms with Gasteiger partial charge in [-0.15, -0.1) is 0 Å². The Labute approximate surface area is 235 Å². The number of anilines is 2. The molecule has 2 aliphatic heterocycles. The van der Waals surface area contributed by atoms with Gasteiger partial charge in [-0.1, -0.05) is 0 Å². The number of amides is 1. The van der Waals surface area contributed by atoms with Crippen molar-refractivity contribution in [3.05, 3.63) is 71.7 Å². The zero-order chi connectivity index (χ0) is 28.1. The Morgan fingerprint density at radius 3 is 2.68 bits per heavy atom. The molecule has 1 aliphatic carbocycles. The van der Waals surface area contributed by atoms with Crippen LogP contribution in [0.4, 0.5) is 16.0 Å². The van der Waals surface area contributed by atoms with Crippen LogP contribution >= 0.6 is 0 Å². The number of sulfone groups is 1. The molecule has 0 saturated heterocycles. The van der Waals surface area contributed by atoms with Crippen LogP contribution in [-0.2, 0) is 16.4 Å². The number of benzene rings is 1. The minimum absolute atomic E-state index is 0.0432. The predicted molar refractivity (Wildman–Crippen MR) is 148 cm³/mol. The predicted octanol–water partition coefficient (Wildman–Crippen LogP) is 4.21. The number of fused-ring (bicyclic) bond motifs is 3. The van der Waals surface area contributed by atoms with Crippen molar-refractivity contribution >= 4 is 38.3 Å². The lowest BCUT2D eigenvalue weighted by atomic mass is 10.2. The van der Waals surface area contributed by atoms with Crippen LogP contribution in [-0.4, -0.2) is 54.5 Å². The van der Waals surface area contributed by atoms with E-state index in [4.69, 9.17) is 19.4 Å². The Bertz CT molecular complexity index is 1800. The molecule has 1 atom stereocenters. The summed E-state index contributed by atoms with van der Waals surface area (Å²) in [6.45, 7) is 1.16. The van der Waals surface area contributed by atoms with Gasteiger partial charge in [0.25, 0.3) is 5.91 Å². The fraction of sp³-hybridized carbons (Fsp3) is 0.310. The maximum atomic E-state index is 14.2. The minimum atomic E-state index is -4.25. The summed E-state index contributed by atoms with van der Waals surface area (Å²) >= 11 is 0. The molecule has 3 aromatic heterocycles. The molecule has 4 aromatic rings. The highest BCUT2D eigenvalue weighted by Crippen LogP contribution is 2.42. The van der Waals surface area contributed by atoms with E-state index < -0.39 is 21.2 Å². The number of halogens is 1. The van der Waals surface area contributed by atoms with Gasteiger partial charge in [0, 0.05) is 35.2 Å². The van der Waals surface area contributed by atoms with Crippen molar-refractivity contribution in [3.8, 4) is 11.5 Å². The van der Waals surface area contributed by atoms with E-state index in [1.54, 1.807) is 12.3 Å². The van der Waals surface area contributed by atoms with Gasteiger partial charge in [0.2, 0.25) is 15.3 Å². The van der Waals surface area contributed by atoms with Gasteiger partial charge in [-0.3, -0.25) is 9.78 Å². The number of carbonyl (C=O) groups excluding carboxylic acids is 1. The van der Waals surface area contributed by atoms with Crippen molar-refractivity contribution in [3.63, 3.8) is 0 Å². The van der Waals surface area contributed by atoms with Crippen LogP contribution in [0.1, 0.15) is 46.9 Å². The van der Waals surface area contributed by atoms with Crippen LogP contribution in [0.3, 0.4) is 0 Å². The maximum absolute atomic E-state index is 14.2. The third-order valence-corrected chi connectivity index (χ3v) is 9.30. The number of hydrogen-bond acceptors (Lipinski definition) is 9. The highest BCUT2D eigenvalue weighted by Gasteiger charge is 2.34. The van der Waals surface area contributed by atoms with Crippen molar-refractivity contribution in [2.24, 2.45) is 0 Å². The number of carbonyl (C=O) groups is 1. The largest absolute Gasteiger partial charge is 0.492 e. The third kappa shape index (κ3) is 4.82. The SMILES string of the molecule is O=C(NCc1cc2nc(N3CCOc4ccc(C5CC5)nc43)ccc2cn1)c1ccc2c(c1)S(=O)(=O)[C@@H](F)CCO2. The van der Waals surface area contributed by atoms with E-state index in [1.807, 2.05) is 24.3 Å². The Balaban J connectivity index is 1.11. The topological polar surface area (TPSA) is 124 Å². The summed E-state index contributed by atoms with van der Waals surface area (Å²) in [5.74, 6) is 2.28. The van der Waals surface area contributed by atoms with Crippen molar-refractivity contribution in [1.82, 2.24) is 20.3 Å². The molecule has 12 heteroatoms. The maximum Gasteiger partial charge on any atom is 0.251 e. The van der Waals surface area contributed by atoms with Crippen molar-refractivity contribution < 1.29 is 27.1 Å². The molecular formula is C29H26FN5O5S. The molecule has 1 N–H and O–H groups in total. The normalized spacial score (nSPS) is 19.3. The Morgan fingerprint density at radius 2 is 1.83 bits per heavy atom. The highest BCUT2D eigenvalue weighted by molar-refractivity contribution is 7.92. The molecular weight excluding hydrogens is 549 g/mol. The summed E-state index contributed by atoms with van der Waals surface area (Å²) in [5.41, 5.74) is 0.349. The van der Waals surface area contributed by atoms with Crippen LogP contribution in [0, 0.1) is 0 Å². The van der Waals surface area contributed by atoms with E-state index in [9.17, 15) is 17.6 Å². The fourth-order valence-electron chi connectivity index (χ4n) is 5.05. The van der Waals surface area contributed by atoms with E-state index in [0.717, 1.165) is 47.4 Å². The number of nitrogens with one attached hydrogen (secondary N) is 1. The molecule has 41 heavy (non-hydrogen) atoms. The van der Waals surface area contributed by atoms with Gasteiger partial charge in [0.15, 0.2) is 11.6 Å². The average molecular weight is 576 g/mol. The van der Waals surface area contributed by atoms with Gasteiger partial charge >= 0.3 is 0 Å². The monoisotopic (exact) mass is 575 g/mol. The molecule has 1 amide bonds. The van der Waals surface area contributed by atoms with Crippen LogP contribution in [0.5, 0.6) is 11.5 Å². The smallest absolute Gasteiger partial charge is 0.251 e. The molecule has 0 radical (unpaired) electrons. The molecule has 210 valence electrons. The van der Waals surface area contributed by atoms with E-state index in [1.165, 1.54) is 12.1 Å². The van der Waals surface area contributed by atoms with Crippen molar-refractivity contribution in [1.29, 1.82) is 0 Å². The zero-order valence-corrected chi connectivity index (χ0v) is 22.7. The number of rotatable bonds is 5. The van der Waals surface area contributed by atoms with Crippen LogP contribution in [0.25, 0.3) is 10.9 Å². The van der Waals surface area contributed by atoms with Gasteiger partial charge in [-0.2, -0.15) is 0 Å². The second-order valence-electron chi connectivity index (χ2n) is 10.3. The first-order valence-electron chi connectivity index (χ1n) is 13.5. The molecule has 1 aromatic carbocycles. The molecule has 3 aliphatic rings. The number of hydrogen-bond donors (Lipinski definition) is 1. The second kappa shape index (κ2) is 9.95. The second-order valence-corrected chi connectivity index (χ2v) is 12.3. The van der Waals surface area contributed by atoms with Crippen LogP contribution in [0.2, 0.25) is 0 Å². The van der Waals surface area contributed by atoms with Gasteiger partial charge in [0.05, 0.1) is 30.9 Å². The first-order valence-corrected chi connectivity index (χ1v) is 15.0. The van der Waals surface area contributed by atoms with E-state index in [2.05, 4.69) is 15.2 Å². The quantitative estimate of drug-likeness (QED) is 0.373. The molecule has 1 saturated carbocycles. The van der Waals surface area contributed by atoms with Crippen molar-refractivity contribution in [2.45, 2.75) is 42.1 Å². The van der Waals surface area contributed by atoms with Crippen LogP contribution in [0.15, 0.2) is 59.6 Å². The van der Waals surface area contributed by atoms with Gasteiger partial charge in [-0.25, -0.2) is 22.8 Å². The molecule has 0 bridgehead atoms. The van der Waals surface area contributed by atoms with Crippen LogP contribution < -0.4 is 19.7 Å². The van der Waals surface area contributed by atoms with E-state index >= 15 is 0 Å². The number of pyridine rings is 3. The molecule has 0 unspecified atom stereocenters. The number of ether oxygens (including phenoxy) is 2.